The highest BCUT2D eigenvalue weighted by atomic mass is 16.5. The first kappa shape index (κ1) is 10.5. The molecule has 2 aromatic rings. The second-order valence-corrected chi connectivity index (χ2v) is 3.52. The minimum atomic E-state index is 0.643. The first-order valence-corrected chi connectivity index (χ1v) is 5.31. The van der Waals surface area contributed by atoms with Crippen LogP contribution in [0.15, 0.2) is 36.5 Å². The molecule has 0 aliphatic heterocycles. The van der Waals surface area contributed by atoms with E-state index in [9.17, 15) is 0 Å². The fourth-order valence-corrected chi connectivity index (χ4v) is 1.49. The summed E-state index contributed by atoms with van der Waals surface area (Å²) in [5, 5.41) is 1.09. The number of hydrogen-bond acceptors (Lipinski definition) is 2. The zero-order chi connectivity index (χ0) is 11.2. The van der Waals surface area contributed by atoms with Gasteiger partial charge >= 0.3 is 0 Å². The zero-order valence-corrected chi connectivity index (χ0v) is 9.02. The fraction of sp³-hybridized carbons (Fsp3) is 0.214. The molecule has 2 heteroatoms. The quantitative estimate of drug-likeness (QED) is 0.573. The molecule has 1 aromatic heterocycles. The predicted molar refractivity (Wildman–Crippen MR) is 65.3 cm³/mol. The van der Waals surface area contributed by atoms with Crippen LogP contribution in [0, 0.1) is 12.3 Å². The summed E-state index contributed by atoms with van der Waals surface area (Å²) in [6.07, 6.45) is 8.54. The van der Waals surface area contributed by atoms with Crippen molar-refractivity contribution in [3.05, 3.63) is 36.5 Å². The summed E-state index contributed by atoms with van der Waals surface area (Å²) in [5.74, 6) is 3.39. The molecule has 0 spiro atoms. The van der Waals surface area contributed by atoms with Gasteiger partial charge in [-0.05, 0) is 18.6 Å². The lowest BCUT2D eigenvalue weighted by Gasteiger charge is -2.05. The van der Waals surface area contributed by atoms with Crippen molar-refractivity contribution in [1.82, 2.24) is 4.98 Å². The number of fused-ring (bicyclic) bond motifs is 1. The highest BCUT2D eigenvalue weighted by Crippen LogP contribution is 2.17. The number of nitrogens with zero attached hydrogens (tertiary/aromatic N) is 1. The van der Waals surface area contributed by atoms with Gasteiger partial charge < -0.3 is 4.74 Å². The van der Waals surface area contributed by atoms with Crippen LogP contribution >= 0.6 is 0 Å². The summed E-state index contributed by atoms with van der Waals surface area (Å²) in [5.41, 5.74) is 0.985. The van der Waals surface area contributed by atoms with Crippen LogP contribution < -0.4 is 4.74 Å². The van der Waals surface area contributed by atoms with Gasteiger partial charge in [0, 0.05) is 11.8 Å². The highest BCUT2D eigenvalue weighted by Gasteiger charge is 1.97. The molecule has 0 unspecified atom stereocenters. The molecule has 0 atom stereocenters. The van der Waals surface area contributed by atoms with Crippen LogP contribution in [0.2, 0.25) is 0 Å². The van der Waals surface area contributed by atoms with E-state index in [1.807, 2.05) is 30.3 Å². The summed E-state index contributed by atoms with van der Waals surface area (Å²) in [6, 6.07) is 9.97. The van der Waals surface area contributed by atoms with E-state index in [1.54, 1.807) is 6.20 Å². The monoisotopic (exact) mass is 211 g/mol. The van der Waals surface area contributed by atoms with Crippen LogP contribution in [-0.4, -0.2) is 11.6 Å². The summed E-state index contributed by atoms with van der Waals surface area (Å²) in [7, 11) is 0. The average molecular weight is 211 g/mol. The normalized spacial score (nSPS) is 9.94. The van der Waals surface area contributed by atoms with Gasteiger partial charge in [0.05, 0.1) is 18.3 Å². The number of pyridine rings is 1. The molecule has 0 aliphatic carbocycles. The van der Waals surface area contributed by atoms with E-state index >= 15 is 0 Å². The molecule has 1 heterocycles. The predicted octanol–water partition coefficient (Wildman–Crippen LogP) is 3.03. The minimum Gasteiger partial charge on any atom is -0.492 e. The van der Waals surface area contributed by atoms with Crippen molar-refractivity contribution in [3.63, 3.8) is 0 Å². The van der Waals surface area contributed by atoms with E-state index in [0.717, 1.165) is 29.5 Å². The van der Waals surface area contributed by atoms with Gasteiger partial charge in [0.2, 0.25) is 0 Å². The number of hydrogen-bond donors (Lipinski definition) is 0. The Morgan fingerprint density at radius 2 is 2.19 bits per heavy atom. The van der Waals surface area contributed by atoms with E-state index in [1.165, 1.54) is 0 Å². The van der Waals surface area contributed by atoms with E-state index in [-0.39, 0.29) is 0 Å². The van der Waals surface area contributed by atoms with Gasteiger partial charge in [-0.3, -0.25) is 4.98 Å². The molecule has 0 bridgehead atoms. The smallest absolute Gasteiger partial charge is 0.138 e. The van der Waals surface area contributed by atoms with Gasteiger partial charge in [0.15, 0.2) is 0 Å². The third-order valence-corrected chi connectivity index (χ3v) is 2.30. The number of rotatable bonds is 4. The van der Waals surface area contributed by atoms with E-state index < -0.39 is 0 Å². The van der Waals surface area contributed by atoms with Gasteiger partial charge in [0.25, 0.3) is 0 Å². The Labute approximate surface area is 95.3 Å². The SMILES string of the molecule is C#CCCCOc1cnc2ccccc2c1. The number of aromatic nitrogens is 1. The molecular weight excluding hydrogens is 198 g/mol. The number of benzene rings is 1. The second kappa shape index (κ2) is 5.18. The van der Waals surface area contributed by atoms with Gasteiger partial charge in [-0.25, -0.2) is 0 Å². The molecule has 0 saturated carbocycles. The molecule has 2 nitrogen and oxygen atoms in total. The average Bonchev–Trinajstić information content (AvgIpc) is 2.34. The third kappa shape index (κ3) is 2.52. The summed E-state index contributed by atoms with van der Waals surface area (Å²) >= 11 is 0. The number of ether oxygens (including phenoxy) is 1. The van der Waals surface area contributed by atoms with Crippen molar-refractivity contribution in [2.45, 2.75) is 12.8 Å². The Morgan fingerprint density at radius 3 is 3.06 bits per heavy atom. The molecule has 80 valence electrons. The molecule has 0 N–H and O–H groups in total. The largest absolute Gasteiger partial charge is 0.492 e. The number of para-hydroxylation sites is 1. The third-order valence-electron chi connectivity index (χ3n) is 2.30. The molecule has 2 rings (SSSR count). The number of terminal acetylenes is 1. The van der Waals surface area contributed by atoms with Crippen LogP contribution in [0.4, 0.5) is 0 Å². The van der Waals surface area contributed by atoms with Crippen LogP contribution in [0.1, 0.15) is 12.8 Å². The van der Waals surface area contributed by atoms with Crippen molar-refractivity contribution >= 4 is 10.9 Å². The van der Waals surface area contributed by atoms with Crippen molar-refractivity contribution in [3.8, 4) is 18.1 Å². The van der Waals surface area contributed by atoms with Gasteiger partial charge in [0.1, 0.15) is 5.75 Å². The molecule has 0 amide bonds. The molecule has 0 aliphatic rings. The first-order chi connectivity index (χ1) is 7.90. The molecular formula is C14H13NO. The highest BCUT2D eigenvalue weighted by molar-refractivity contribution is 5.79. The lowest BCUT2D eigenvalue weighted by atomic mass is 10.2. The van der Waals surface area contributed by atoms with E-state index in [0.29, 0.717) is 6.61 Å². The Bertz CT molecular complexity index is 513. The maximum Gasteiger partial charge on any atom is 0.138 e. The Hall–Kier alpha value is -2.01. The summed E-state index contributed by atoms with van der Waals surface area (Å²) in [4.78, 5) is 4.31. The van der Waals surface area contributed by atoms with Crippen molar-refractivity contribution in [2.75, 3.05) is 6.61 Å². The number of unbranched alkanes of at least 4 members (excludes halogenated alkanes) is 1. The fourth-order valence-electron chi connectivity index (χ4n) is 1.49. The van der Waals surface area contributed by atoms with Crippen molar-refractivity contribution < 1.29 is 4.74 Å². The summed E-state index contributed by atoms with van der Waals surface area (Å²) in [6.45, 7) is 0.643. The van der Waals surface area contributed by atoms with Gasteiger partial charge in [-0.2, -0.15) is 0 Å². The lowest BCUT2D eigenvalue weighted by Crippen LogP contribution is -1.97. The molecule has 0 radical (unpaired) electrons. The van der Waals surface area contributed by atoms with E-state index in [2.05, 4.69) is 10.9 Å². The summed E-state index contributed by atoms with van der Waals surface area (Å²) < 4.78 is 5.56. The van der Waals surface area contributed by atoms with Crippen LogP contribution in [0.3, 0.4) is 0 Å². The Morgan fingerprint density at radius 1 is 1.31 bits per heavy atom. The van der Waals surface area contributed by atoms with Crippen LogP contribution in [-0.2, 0) is 0 Å². The second-order valence-electron chi connectivity index (χ2n) is 3.52. The maximum atomic E-state index is 5.56. The lowest BCUT2D eigenvalue weighted by molar-refractivity contribution is 0.312. The first-order valence-electron chi connectivity index (χ1n) is 5.31. The standard InChI is InChI=1S/C14H13NO/c1-2-3-6-9-16-13-10-12-7-4-5-8-14(12)15-11-13/h1,4-5,7-8,10-11H,3,6,9H2. The molecule has 0 fully saturated rings. The minimum absolute atomic E-state index is 0.643. The molecule has 1 aromatic carbocycles. The van der Waals surface area contributed by atoms with Gasteiger partial charge in [-0.15, -0.1) is 12.3 Å². The van der Waals surface area contributed by atoms with Crippen molar-refractivity contribution in [1.29, 1.82) is 0 Å². The van der Waals surface area contributed by atoms with Crippen LogP contribution in [0.25, 0.3) is 10.9 Å². The maximum absolute atomic E-state index is 5.56. The topological polar surface area (TPSA) is 22.1 Å². The molecule has 0 saturated heterocycles. The van der Waals surface area contributed by atoms with E-state index in [4.69, 9.17) is 11.2 Å². The van der Waals surface area contributed by atoms with Crippen molar-refractivity contribution in [2.24, 2.45) is 0 Å². The Balaban J connectivity index is 2.05. The molecule has 16 heavy (non-hydrogen) atoms. The van der Waals surface area contributed by atoms with Gasteiger partial charge in [-0.1, -0.05) is 18.2 Å². The Kier molecular flexibility index (Phi) is 3.40. The van der Waals surface area contributed by atoms with Crippen LogP contribution in [0.5, 0.6) is 5.75 Å². The zero-order valence-electron chi connectivity index (χ0n) is 9.02.